The standard InChI is InChI=1S/C18H21NOS/c1-2-6-12-9-10-14-15(11-12)21-18(19)16(14)17(20)13-7-4-3-5-8-13/h3-5,7-8,12H,2,6,9-11,19H2,1H3. The molecule has 0 saturated carbocycles. The first-order valence-corrected chi connectivity index (χ1v) is 8.52. The highest BCUT2D eigenvalue weighted by atomic mass is 32.1. The summed E-state index contributed by atoms with van der Waals surface area (Å²) in [6.07, 6.45) is 5.80. The lowest BCUT2D eigenvalue weighted by Crippen LogP contribution is -2.15. The van der Waals surface area contributed by atoms with Gasteiger partial charge in [0, 0.05) is 10.4 Å². The molecule has 0 amide bonds. The van der Waals surface area contributed by atoms with Crippen LogP contribution in [0.25, 0.3) is 0 Å². The second kappa shape index (κ2) is 6.02. The summed E-state index contributed by atoms with van der Waals surface area (Å²) in [4.78, 5) is 14.1. The lowest BCUT2D eigenvalue weighted by Gasteiger charge is -2.22. The summed E-state index contributed by atoms with van der Waals surface area (Å²) in [7, 11) is 0. The van der Waals surface area contributed by atoms with Crippen LogP contribution in [0.15, 0.2) is 30.3 Å². The lowest BCUT2D eigenvalue weighted by molar-refractivity contribution is 0.103. The molecule has 0 saturated heterocycles. The zero-order chi connectivity index (χ0) is 14.8. The van der Waals surface area contributed by atoms with E-state index in [1.807, 2.05) is 30.3 Å². The number of thiophene rings is 1. The van der Waals surface area contributed by atoms with Gasteiger partial charge in [-0.05, 0) is 30.7 Å². The molecular formula is C18H21NOS. The van der Waals surface area contributed by atoms with Crippen molar-refractivity contribution < 1.29 is 4.79 Å². The summed E-state index contributed by atoms with van der Waals surface area (Å²) in [6, 6.07) is 9.47. The average molecular weight is 299 g/mol. The first kappa shape index (κ1) is 14.3. The summed E-state index contributed by atoms with van der Waals surface area (Å²) in [5, 5.41) is 0.700. The number of carbonyl (C=O) groups excluding carboxylic acids is 1. The lowest BCUT2D eigenvalue weighted by atomic mass is 9.83. The van der Waals surface area contributed by atoms with E-state index in [1.54, 1.807) is 11.3 Å². The maximum atomic E-state index is 12.7. The van der Waals surface area contributed by atoms with Gasteiger partial charge >= 0.3 is 0 Å². The van der Waals surface area contributed by atoms with Gasteiger partial charge < -0.3 is 5.73 Å². The van der Waals surface area contributed by atoms with Crippen molar-refractivity contribution in [3.63, 3.8) is 0 Å². The van der Waals surface area contributed by atoms with Crippen LogP contribution in [0.3, 0.4) is 0 Å². The van der Waals surface area contributed by atoms with E-state index in [9.17, 15) is 4.79 Å². The molecule has 1 aliphatic carbocycles. The number of hydrogen-bond acceptors (Lipinski definition) is 3. The maximum Gasteiger partial charge on any atom is 0.196 e. The summed E-state index contributed by atoms with van der Waals surface area (Å²) < 4.78 is 0. The van der Waals surface area contributed by atoms with E-state index < -0.39 is 0 Å². The summed E-state index contributed by atoms with van der Waals surface area (Å²) >= 11 is 1.63. The van der Waals surface area contributed by atoms with Crippen molar-refractivity contribution in [2.75, 3.05) is 5.73 Å². The summed E-state index contributed by atoms with van der Waals surface area (Å²) in [5.41, 5.74) is 8.91. The van der Waals surface area contributed by atoms with Gasteiger partial charge in [0.15, 0.2) is 5.78 Å². The Morgan fingerprint density at radius 1 is 1.33 bits per heavy atom. The monoisotopic (exact) mass is 299 g/mol. The quantitative estimate of drug-likeness (QED) is 0.847. The number of nitrogen functional groups attached to an aromatic ring is 1. The van der Waals surface area contributed by atoms with Gasteiger partial charge in [-0.1, -0.05) is 50.1 Å². The third-order valence-electron chi connectivity index (χ3n) is 4.35. The van der Waals surface area contributed by atoms with Gasteiger partial charge in [0.1, 0.15) is 0 Å². The second-order valence-corrected chi connectivity index (χ2v) is 6.97. The zero-order valence-corrected chi connectivity index (χ0v) is 13.2. The molecule has 0 bridgehead atoms. The topological polar surface area (TPSA) is 43.1 Å². The van der Waals surface area contributed by atoms with Crippen LogP contribution in [0.4, 0.5) is 5.00 Å². The third-order valence-corrected chi connectivity index (χ3v) is 5.44. The third kappa shape index (κ3) is 2.75. The van der Waals surface area contributed by atoms with Crippen molar-refractivity contribution in [3.8, 4) is 0 Å². The van der Waals surface area contributed by atoms with E-state index in [-0.39, 0.29) is 5.78 Å². The number of hydrogen-bond donors (Lipinski definition) is 1. The van der Waals surface area contributed by atoms with Crippen LogP contribution < -0.4 is 5.73 Å². The molecule has 0 radical (unpaired) electrons. The first-order chi connectivity index (χ1) is 10.2. The molecular weight excluding hydrogens is 278 g/mol. The number of rotatable bonds is 4. The number of fused-ring (bicyclic) bond motifs is 1. The van der Waals surface area contributed by atoms with E-state index in [1.165, 1.54) is 29.7 Å². The van der Waals surface area contributed by atoms with Gasteiger partial charge in [-0.2, -0.15) is 0 Å². The predicted molar refractivity (Wildman–Crippen MR) is 89.0 cm³/mol. The van der Waals surface area contributed by atoms with Crippen LogP contribution >= 0.6 is 11.3 Å². The molecule has 0 aliphatic heterocycles. The van der Waals surface area contributed by atoms with Gasteiger partial charge in [0.2, 0.25) is 0 Å². The van der Waals surface area contributed by atoms with Crippen LogP contribution in [0.1, 0.15) is 52.5 Å². The van der Waals surface area contributed by atoms with Gasteiger partial charge in [-0.15, -0.1) is 11.3 Å². The number of carbonyl (C=O) groups is 1. The van der Waals surface area contributed by atoms with Crippen molar-refractivity contribution >= 4 is 22.1 Å². The Morgan fingerprint density at radius 2 is 2.10 bits per heavy atom. The molecule has 0 spiro atoms. The van der Waals surface area contributed by atoms with Crippen molar-refractivity contribution in [1.29, 1.82) is 0 Å². The molecule has 1 unspecified atom stereocenters. The Bertz CT molecular complexity index is 645. The highest BCUT2D eigenvalue weighted by Gasteiger charge is 2.27. The van der Waals surface area contributed by atoms with E-state index in [0.717, 1.165) is 29.9 Å². The fourth-order valence-corrected chi connectivity index (χ4v) is 4.54. The molecule has 2 N–H and O–H groups in total. The summed E-state index contributed by atoms with van der Waals surface area (Å²) in [5.74, 6) is 0.847. The molecule has 110 valence electrons. The minimum atomic E-state index is 0.0829. The maximum absolute atomic E-state index is 12.7. The van der Waals surface area contributed by atoms with Crippen LogP contribution in [0.2, 0.25) is 0 Å². The average Bonchev–Trinajstić information content (AvgIpc) is 2.83. The Morgan fingerprint density at radius 3 is 2.81 bits per heavy atom. The van der Waals surface area contributed by atoms with E-state index in [0.29, 0.717) is 5.00 Å². The predicted octanol–water partition coefficient (Wildman–Crippen LogP) is 4.47. The number of benzene rings is 1. The van der Waals surface area contributed by atoms with Crippen molar-refractivity contribution in [1.82, 2.24) is 0 Å². The van der Waals surface area contributed by atoms with Crippen molar-refractivity contribution in [2.45, 2.75) is 39.0 Å². The Hall–Kier alpha value is -1.61. The number of ketones is 1. The normalized spacial score (nSPS) is 17.5. The Labute approximate surface area is 130 Å². The fourth-order valence-electron chi connectivity index (χ4n) is 3.31. The molecule has 1 aromatic heterocycles. The Balaban J connectivity index is 1.93. The van der Waals surface area contributed by atoms with E-state index in [2.05, 4.69) is 6.92 Å². The second-order valence-electron chi connectivity index (χ2n) is 5.84. The SMILES string of the molecule is CCCC1CCc2c(sc(N)c2C(=O)c2ccccc2)C1. The van der Waals surface area contributed by atoms with Crippen molar-refractivity contribution in [3.05, 3.63) is 51.9 Å². The molecule has 3 heteroatoms. The minimum absolute atomic E-state index is 0.0829. The molecule has 3 rings (SSSR count). The molecule has 1 aromatic carbocycles. The van der Waals surface area contributed by atoms with Gasteiger partial charge in [-0.3, -0.25) is 4.79 Å². The molecule has 2 aromatic rings. The van der Waals surface area contributed by atoms with Crippen LogP contribution in [-0.4, -0.2) is 5.78 Å². The highest BCUT2D eigenvalue weighted by molar-refractivity contribution is 7.16. The van der Waals surface area contributed by atoms with Crippen LogP contribution in [-0.2, 0) is 12.8 Å². The Kier molecular flexibility index (Phi) is 4.11. The molecule has 21 heavy (non-hydrogen) atoms. The zero-order valence-electron chi connectivity index (χ0n) is 12.4. The smallest absolute Gasteiger partial charge is 0.196 e. The molecule has 2 nitrogen and oxygen atoms in total. The minimum Gasteiger partial charge on any atom is -0.390 e. The van der Waals surface area contributed by atoms with E-state index in [4.69, 9.17) is 5.73 Å². The van der Waals surface area contributed by atoms with Crippen LogP contribution in [0, 0.1) is 5.92 Å². The molecule has 1 heterocycles. The molecule has 1 atom stereocenters. The summed E-state index contributed by atoms with van der Waals surface area (Å²) in [6.45, 7) is 2.24. The van der Waals surface area contributed by atoms with Crippen molar-refractivity contribution in [2.24, 2.45) is 5.92 Å². The fraction of sp³-hybridized carbons (Fsp3) is 0.389. The molecule has 0 fully saturated rings. The number of nitrogens with two attached hydrogens (primary N) is 1. The largest absolute Gasteiger partial charge is 0.390 e. The van der Waals surface area contributed by atoms with Gasteiger partial charge in [-0.25, -0.2) is 0 Å². The van der Waals surface area contributed by atoms with Gasteiger partial charge in [0.25, 0.3) is 0 Å². The van der Waals surface area contributed by atoms with Gasteiger partial charge in [0.05, 0.1) is 10.6 Å². The first-order valence-electron chi connectivity index (χ1n) is 7.70. The van der Waals surface area contributed by atoms with E-state index >= 15 is 0 Å². The van der Waals surface area contributed by atoms with Crippen LogP contribution in [0.5, 0.6) is 0 Å². The highest BCUT2D eigenvalue weighted by Crippen LogP contribution is 2.40. The number of anilines is 1. The molecule has 1 aliphatic rings.